The third kappa shape index (κ3) is 11.8. The largest absolute Gasteiger partial charge is 0.492 e. The molecule has 350 valence electrons. The number of nitrogens with one attached hydrogen (secondary N) is 4. The van der Waals surface area contributed by atoms with Crippen molar-refractivity contribution in [1.82, 2.24) is 35.9 Å². The first-order valence-corrected chi connectivity index (χ1v) is 21.6. The van der Waals surface area contributed by atoms with Crippen LogP contribution >= 0.6 is 0 Å². The summed E-state index contributed by atoms with van der Waals surface area (Å²) in [6.45, 7) is 9.37. The van der Waals surface area contributed by atoms with Crippen molar-refractivity contribution < 1.29 is 33.4 Å². The van der Waals surface area contributed by atoms with E-state index in [2.05, 4.69) is 47.1 Å². The molecule has 0 saturated heterocycles. The zero-order valence-corrected chi connectivity index (χ0v) is 38.1. The predicted octanol–water partition coefficient (Wildman–Crippen LogP) is 1.01. The van der Waals surface area contributed by atoms with E-state index in [-0.39, 0.29) is 74.3 Å². The minimum atomic E-state index is -1.45. The topological polar surface area (TPSA) is 292 Å². The van der Waals surface area contributed by atoms with E-state index in [0.717, 1.165) is 10.5 Å². The number of ether oxygens (including phenoxy) is 2. The molecular weight excluding hydrogens is 847 g/mol. The molecule has 1 aromatic heterocycles. The number of benzene rings is 3. The number of hydrogen-bond donors (Lipinski definition) is 7. The summed E-state index contributed by atoms with van der Waals surface area (Å²) < 4.78 is 13.3. The highest BCUT2D eigenvalue weighted by molar-refractivity contribution is 6.00. The molecule has 4 unspecified atom stereocenters. The average Bonchev–Trinajstić information content (AvgIpc) is 3.29. The van der Waals surface area contributed by atoms with Gasteiger partial charge in [0.25, 0.3) is 11.5 Å². The highest BCUT2D eigenvalue weighted by Crippen LogP contribution is 2.40. The zero-order chi connectivity index (χ0) is 48.3. The molecule has 1 aliphatic rings. The van der Waals surface area contributed by atoms with Gasteiger partial charge in [-0.1, -0.05) is 45.0 Å². The van der Waals surface area contributed by atoms with Crippen LogP contribution in [0.2, 0.25) is 0 Å². The van der Waals surface area contributed by atoms with Crippen LogP contribution in [0.5, 0.6) is 11.5 Å². The first-order valence-electron chi connectivity index (χ1n) is 21.6. The number of carbonyl (C=O) groups is 5. The second-order valence-electron chi connectivity index (χ2n) is 16.9. The van der Waals surface area contributed by atoms with Gasteiger partial charge >= 0.3 is 0 Å². The molecule has 5 rings (SSSR count). The van der Waals surface area contributed by atoms with Gasteiger partial charge in [-0.15, -0.1) is 0 Å². The van der Waals surface area contributed by atoms with E-state index < -0.39 is 59.3 Å². The van der Waals surface area contributed by atoms with Crippen LogP contribution in [0.15, 0.2) is 71.7 Å². The van der Waals surface area contributed by atoms with Crippen LogP contribution in [-0.2, 0) is 31.0 Å². The summed E-state index contributed by atoms with van der Waals surface area (Å²) >= 11 is 0. The number of nitrogens with zero attached hydrogens (tertiary/aromatic N) is 4. The van der Waals surface area contributed by atoms with Gasteiger partial charge in [-0.2, -0.15) is 15.0 Å². The Balaban J connectivity index is 1.57. The van der Waals surface area contributed by atoms with Gasteiger partial charge in [0.15, 0.2) is 0 Å². The summed E-state index contributed by atoms with van der Waals surface area (Å²) in [5, 5.41) is 24.0. The van der Waals surface area contributed by atoms with Crippen molar-refractivity contribution in [3.63, 3.8) is 0 Å². The fourth-order valence-electron chi connectivity index (χ4n) is 7.42. The van der Waals surface area contributed by atoms with E-state index in [1.807, 2.05) is 18.2 Å². The first kappa shape index (κ1) is 49.9. The quantitative estimate of drug-likeness (QED) is 0.0822. The van der Waals surface area contributed by atoms with Crippen LogP contribution in [0.4, 0.5) is 0 Å². The van der Waals surface area contributed by atoms with Gasteiger partial charge < -0.3 is 52.8 Å². The first-order chi connectivity index (χ1) is 31.4. The number of fused-ring (bicyclic) bond motifs is 5. The van der Waals surface area contributed by atoms with Gasteiger partial charge in [-0.3, -0.25) is 28.8 Å². The van der Waals surface area contributed by atoms with Gasteiger partial charge in [0, 0.05) is 43.2 Å². The average molecular weight is 906 g/mol. The normalized spacial score (nSPS) is 16.6. The summed E-state index contributed by atoms with van der Waals surface area (Å²) in [7, 11) is 1.37. The molecule has 0 fully saturated rings. The van der Waals surface area contributed by atoms with Crippen LogP contribution in [0.25, 0.3) is 16.8 Å². The Kier molecular flexibility index (Phi) is 16.8. The molecule has 5 amide bonds. The molecule has 66 heavy (non-hydrogen) atoms. The third-order valence-electron chi connectivity index (χ3n) is 11.1. The highest BCUT2D eigenvalue weighted by atomic mass is 16.5. The summed E-state index contributed by atoms with van der Waals surface area (Å²) in [5.41, 5.74) is 20.3. The number of nitrogens with two attached hydrogens (primary N) is 3. The van der Waals surface area contributed by atoms with Crippen molar-refractivity contribution in [3.05, 3.63) is 105 Å². The Morgan fingerprint density at radius 1 is 0.924 bits per heavy atom. The lowest BCUT2D eigenvalue weighted by atomic mass is 9.87. The molecule has 19 nitrogen and oxygen atoms in total. The second kappa shape index (κ2) is 22.2. The minimum absolute atomic E-state index is 0.0131. The maximum atomic E-state index is 14.7. The molecule has 19 heteroatoms. The number of hydrogen-bond acceptors (Lipinski definition) is 13. The monoisotopic (exact) mass is 905 g/mol. The lowest BCUT2D eigenvalue weighted by Gasteiger charge is -2.32. The van der Waals surface area contributed by atoms with Crippen molar-refractivity contribution in [2.24, 2.45) is 17.2 Å². The molecular formula is C47H59N11O8. The Hall–Kier alpha value is -7.14. The Labute approximate surface area is 383 Å². The molecule has 4 aromatic rings. The molecule has 0 radical (unpaired) electrons. The second-order valence-corrected chi connectivity index (χ2v) is 16.9. The molecule has 0 spiro atoms. The van der Waals surface area contributed by atoms with Gasteiger partial charge in [-0.25, -0.2) is 0 Å². The maximum Gasteiger partial charge on any atom is 0.275 e. The minimum Gasteiger partial charge on any atom is -0.492 e. The molecule has 4 bridgehead atoms. The van der Waals surface area contributed by atoms with Crippen LogP contribution < -0.4 is 53.5 Å². The summed E-state index contributed by atoms with van der Waals surface area (Å²) in [6, 6.07) is 14.1. The van der Waals surface area contributed by atoms with Crippen molar-refractivity contribution in [2.45, 2.75) is 77.0 Å². The Morgan fingerprint density at radius 2 is 1.56 bits per heavy atom. The van der Waals surface area contributed by atoms with E-state index in [0.29, 0.717) is 33.9 Å². The fourth-order valence-corrected chi connectivity index (χ4v) is 7.42. The third-order valence-corrected chi connectivity index (χ3v) is 11.1. The number of aromatic nitrogens is 2. The van der Waals surface area contributed by atoms with Crippen molar-refractivity contribution in [1.29, 1.82) is 5.26 Å². The summed E-state index contributed by atoms with van der Waals surface area (Å²) in [6.07, 6.45) is 1.18. The van der Waals surface area contributed by atoms with Crippen LogP contribution in [0, 0.1) is 18.3 Å². The molecule has 0 aliphatic carbocycles. The van der Waals surface area contributed by atoms with E-state index in [9.17, 15) is 28.8 Å². The molecule has 4 atom stereocenters. The van der Waals surface area contributed by atoms with Crippen LogP contribution in [0.1, 0.15) is 72.8 Å². The van der Waals surface area contributed by atoms with E-state index >= 15 is 0 Å². The summed E-state index contributed by atoms with van der Waals surface area (Å²) in [4.78, 5) is 84.9. The van der Waals surface area contributed by atoms with Crippen LogP contribution in [0.3, 0.4) is 0 Å². The number of nitriles is 1. The Morgan fingerprint density at radius 3 is 2.17 bits per heavy atom. The van der Waals surface area contributed by atoms with Crippen molar-refractivity contribution >= 4 is 29.5 Å². The predicted molar refractivity (Wildman–Crippen MR) is 247 cm³/mol. The van der Waals surface area contributed by atoms with Gasteiger partial charge in [-0.05, 0) is 85.3 Å². The maximum absolute atomic E-state index is 14.7. The number of likely N-dealkylation sites (N-methyl/N-ethyl adjacent to an activating group) is 1. The number of amides is 5. The number of carbonyl (C=O) groups excluding carboxylic acids is 5. The molecule has 0 saturated carbocycles. The van der Waals surface area contributed by atoms with E-state index in [4.69, 9.17) is 31.9 Å². The standard InChI is InChI=1S/C47H59N11O8/c1-27-35(26-53-58(45(27)63)32-11-9-31(10-12-32)47(3,4)5)42(60)55-36(15-16-48)46(64)57(6)40-30-8-14-39(66-22-19-51)34(25-30)33-23-29(7-13-38(33)65-21-18-50)24-37(43(61)52-20-17-49)56-41(59)28(2)54-44(40)62/h7-14,23,25-26,28,36-37,40H,15-16,18-22,24,48,50-51H2,1-6H3,(H,52,61)(H,54,62)(H,55,60)(H,56,59). The highest BCUT2D eigenvalue weighted by Gasteiger charge is 2.36. The van der Waals surface area contributed by atoms with E-state index in [1.54, 1.807) is 48.5 Å². The van der Waals surface area contributed by atoms with Gasteiger partial charge in [0.1, 0.15) is 55.4 Å². The fraction of sp³-hybridized carbons (Fsp3) is 0.404. The zero-order valence-electron chi connectivity index (χ0n) is 38.1. The molecule has 10 N–H and O–H groups in total. The van der Waals surface area contributed by atoms with Crippen molar-refractivity contribution in [2.75, 3.05) is 46.4 Å². The van der Waals surface area contributed by atoms with Crippen LogP contribution in [-0.4, -0.2) is 109 Å². The van der Waals surface area contributed by atoms with Crippen molar-refractivity contribution in [3.8, 4) is 34.4 Å². The molecule has 3 aromatic carbocycles. The molecule has 2 heterocycles. The van der Waals surface area contributed by atoms with Gasteiger partial charge in [0.2, 0.25) is 23.6 Å². The molecule has 1 aliphatic heterocycles. The van der Waals surface area contributed by atoms with E-state index in [1.165, 1.54) is 31.8 Å². The Bertz CT molecular complexity index is 2530. The lowest BCUT2D eigenvalue weighted by Crippen LogP contribution is -2.56. The smallest absolute Gasteiger partial charge is 0.275 e. The number of rotatable bonds is 15. The SMILES string of the molecule is Cc1c(C(=O)NC(CCN)C(=O)N(C)C2C(=O)NC(C)C(=O)NC(C(=O)NCC#N)Cc3ccc(OCCN)c(c3)-c3cc2ccc3OCCN)cnn(-c2ccc(C(C)(C)C)cc2)c1=O. The summed E-state index contributed by atoms with van der Waals surface area (Å²) in [5.74, 6) is -2.91. The lowest BCUT2D eigenvalue weighted by molar-refractivity contribution is -0.141. The van der Waals surface area contributed by atoms with Gasteiger partial charge in [0.05, 0.1) is 23.5 Å².